The Morgan fingerprint density at radius 2 is 1.50 bits per heavy atom. The summed E-state index contributed by atoms with van der Waals surface area (Å²) in [5, 5.41) is 0. The largest absolute Gasteiger partial charge is 0.326 e. The zero-order chi connectivity index (χ0) is 22.6. The van der Waals surface area contributed by atoms with E-state index in [1.54, 1.807) is 0 Å². The second-order valence-electron chi connectivity index (χ2n) is 10.7. The van der Waals surface area contributed by atoms with Gasteiger partial charge in [-0.05, 0) is 73.8 Å². The molecule has 0 atom stereocenters. The van der Waals surface area contributed by atoms with Crippen LogP contribution in [0.2, 0.25) is 0 Å². The highest BCUT2D eigenvalue weighted by Gasteiger charge is 2.66. The Balaban J connectivity index is 0.000000393. The van der Waals surface area contributed by atoms with Crippen LogP contribution in [0.5, 0.6) is 0 Å². The van der Waals surface area contributed by atoms with E-state index in [4.69, 9.17) is 24.8 Å². The summed E-state index contributed by atoms with van der Waals surface area (Å²) in [6.07, 6.45) is 11.3. The van der Waals surface area contributed by atoms with E-state index in [2.05, 4.69) is 24.3 Å². The van der Waals surface area contributed by atoms with Crippen LogP contribution in [0.15, 0.2) is 24.3 Å². The Kier molecular flexibility index (Phi) is 5.92. The van der Waals surface area contributed by atoms with Crippen molar-refractivity contribution in [3.63, 3.8) is 0 Å². The summed E-state index contributed by atoms with van der Waals surface area (Å²) >= 11 is 0. The number of hydrogen-bond acceptors (Lipinski definition) is 6. The summed E-state index contributed by atoms with van der Waals surface area (Å²) in [4.78, 5) is 12.2. The molecule has 1 saturated heterocycles. The number of ether oxygens (including phenoxy) is 1. The molecule has 1 aromatic rings. The lowest BCUT2D eigenvalue weighted by atomic mass is 9.53. The summed E-state index contributed by atoms with van der Waals surface area (Å²) < 4.78 is 32.7. The topological polar surface area (TPSA) is 108 Å². The van der Waals surface area contributed by atoms with E-state index in [0.29, 0.717) is 30.6 Å². The van der Waals surface area contributed by atoms with Crippen molar-refractivity contribution in [2.75, 3.05) is 6.26 Å². The molecule has 7 rings (SSSR count). The Bertz CT molecular complexity index is 886. The molecule has 6 aliphatic rings. The number of nitrogens with two attached hydrogens (primary N) is 1. The lowest BCUT2D eigenvalue weighted by Crippen LogP contribution is -2.59. The maximum absolute atomic E-state index is 9.19. The first-order valence-corrected chi connectivity index (χ1v) is 13.8. The average Bonchev–Trinajstić information content (AvgIpc) is 3.11. The van der Waals surface area contributed by atoms with Gasteiger partial charge in [0, 0.05) is 31.2 Å². The van der Waals surface area contributed by atoms with Crippen LogP contribution in [0.25, 0.3) is 0 Å². The van der Waals surface area contributed by atoms with E-state index in [-0.39, 0.29) is 0 Å². The molecule has 2 spiro atoms. The van der Waals surface area contributed by atoms with Crippen LogP contribution in [0.4, 0.5) is 0 Å². The van der Waals surface area contributed by atoms with Crippen LogP contribution >= 0.6 is 0 Å². The Morgan fingerprint density at radius 3 is 2.00 bits per heavy atom. The maximum atomic E-state index is 9.19. The first-order chi connectivity index (χ1) is 15.2. The van der Waals surface area contributed by atoms with Gasteiger partial charge in [0.05, 0.1) is 6.26 Å². The molecule has 1 aromatic carbocycles. The Labute approximate surface area is 190 Å². The molecule has 4 bridgehead atoms. The monoisotopic (exact) mass is 465 g/mol. The molecule has 1 heterocycles. The Hall–Kier alpha value is -1.03. The highest BCUT2D eigenvalue weighted by atomic mass is 32.2. The van der Waals surface area contributed by atoms with Gasteiger partial charge < -0.3 is 10.5 Å². The molecular weight excluding hydrogens is 430 g/mol. The summed E-state index contributed by atoms with van der Waals surface area (Å²) in [6, 6.07) is 8.82. The van der Waals surface area contributed by atoms with E-state index in [1.165, 1.54) is 43.2 Å². The third-order valence-electron chi connectivity index (χ3n) is 8.38. The minimum atomic E-state index is -3.67. The summed E-state index contributed by atoms with van der Waals surface area (Å²) in [5.74, 6) is 2.59. The van der Waals surface area contributed by atoms with Crippen molar-refractivity contribution >= 4 is 10.1 Å². The van der Waals surface area contributed by atoms with Crippen molar-refractivity contribution < 1.29 is 27.5 Å². The van der Waals surface area contributed by atoms with Gasteiger partial charge >= 0.3 is 0 Å². The van der Waals surface area contributed by atoms with Crippen molar-refractivity contribution in [3.05, 3.63) is 35.4 Å². The van der Waals surface area contributed by atoms with Gasteiger partial charge in [-0.1, -0.05) is 24.3 Å². The van der Waals surface area contributed by atoms with Gasteiger partial charge in [0.25, 0.3) is 10.1 Å². The van der Waals surface area contributed by atoms with Crippen LogP contribution < -0.4 is 5.73 Å². The van der Waals surface area contributed by atoms with Gasteiger partial charge in [-0.2, -0.15) is 18.2 Å². The summed E-state index contributed by atoms with van der Waals surface area (Å²) in [6.45, 7) is 0.610. The van der Waals surface area contributed by atoms with Crippen LogP contribution in [-0.2, 0) is 31.2 Å². The van der Waals surface area contributed by atoms with Crippen molar-refractivity contribution in [3.8, 4) is 0 Å². The zero-order valence-corrected chi connectivity index (χ0v) is 19.6. The molecule has 7 nitrogen and oxygen atoms in total. The fourth-order valence-electron chi connectivity index (χ4n) is 7.11. The molecule has 1 aliphatic heterocycles. The number of benzene rings is 1. The lowest BCUT2D eigenvalue weighted by Gasteiger charge is -2.57. The highest BCUT2D eigenvalue weighted by Crippen LogP contribution is 2.64. The molecule has 5 saturated carbocycles. The van der Waals surface area contributed by atoms with Gasteiger partial charge in [0.2, 0.25) is 11.6 Å². The van der Waals surface area contributed by atoms with Gasteiger partial charge in [0.1, 0.15) is 0 Å². The smallest absolute Gasteiger partial charge is 0.261 e. The fraction of sp³-hybridized carbons (Fsp3) is 0.750. The third kappa shape index (κ3) is 4.38. The molecule has 178 valence electrons. The molecule has 0 unspecified atom stereocenters. The van der Waals surface area contributed by atoms with Gasteiger partial charge in [-0.15, -0.1) is 0 Å². The first-order valence-electron chi connectivity index (χ1n) is 12.0. The summed E-state index contributed by atoms with van der Waals surface area (Å²) in [5.41, 5.74) is 8.35. The standard InChI is InChI=1S/C23H31NO3.CH4O3S/c24-14-15-1-3-18(4-2-15)19-5-7-22(8-6-19)25-23(27-26-22)20-10-16-9-17(12-20)13-21(23)11-16;1-5(2,3)4/h1-4,16-17,19-21H,5-14,24H2;1H3,(H,2,3,4). The summed E-state index contributed by atoms with van der Waals surface area (Å²) in [7, 11) is -3.67. The molecule has 5 aliphatic carbocycles. The maximum Gasteiger partial charge on any atom is 0.261 e. The molecule has 8 heteroatoms. The molecule has 0 aromatic heterocycles. The van der Waals surface area contributed by atoms with Crippen molar-refractivity contribution in [2.24, 2.45) is 29.4 Å². The van der Waals surface area contributed by atoms with Crippen LogP contribution in [-0.4, -0.2) is 30.8 Å². The molecular formula is C24H35NO6S. The normalized spacial score (nSPS) is 42.3. The number of hydrogen-bond donors (Lipinski definition) is 2. The quantitative estimate of drug-likeness (QED) is 0.499. The third-order valence-corrected chi connectivity index (χ3v) is 8.38. The van der Waals surface area contributed by atoms with E-state index >= 15 is 0 Å². The van der Waals surface area contributed by atoms with Crippen molar-refractivity contribution in [1.29, 1.82) is 0 Å². The number of rotatable bonds is 2. The van der Waals surface area contributed by atoms with E-state index in [9.17, 15) is 8.42 Å². The second-order valence-corrected chi connectivity index (χ2v) is 12.1. The molecule has 6 fully saturated rings. The average molecular weight is 466 g/mol. The van der Waals surface area contributed by atoms with Gasteiger partial charge in [0.15, 0.2) is 0 Å². The molecule has 0 amide bonds. The molecule has 32 heavy (non-hydrogen) atoms. The van der Waals surface area contributed by atoms with Crippen molar-refractivity contribution in [1.82, 2.24) is 0 Å². The minimum Gasteiger partial charge on any atom is -0.326 e. The van der Waals surface area contributed by atoms with E-state index < -0.39 is 21.7 Å². The van der Waals surface area contributed by atoms with Crippen molar-refractivity contribution in [2.45, 2.75) is 81.8 Å². The molecule has 0 radical (unpaired) electrons. The Morgan fingerprint density at radius 1 is 0.969 bits per heavy atom. The van der Waals surface area contributed by atoms with Crippen LogP contribution in [0.1, 0.15) is 74.8 Å². The fourth-order valence-corrected chi connectivity index (χ4v) is 7.11. The zero-order valence-electron chi connectivity index (χ0n) is 18.7. The molecule has 3 N–H and O–H groups in total. The van der Waals surface area contributed by atoms with E-state index in [0.717, 1.165) is 37.5 Å². The highest BCUT2D eigenvalue weighted by molar-refractivity contribution is 7.85. The van der Waals surface area contributed by atoms with Gasteiger partial charge in [-0.25, -0.2) is 0 Å². The van der Waals surface area contributed by atoms with Crippen LogP contribution in [0.3, 0.4) is 0 Å². The predicted octanol–water partition coefficient (Wildman–Crippen LogP) is 4.13. The van der Waals surface area contributed by atoms with Gasteiger partial charge in [-0.3, -0.25) is 4.55 Å². The minimum absolute atomic E-state index is 0.428. The van der Waals surface area contributed by atoms with Crippen LogP contribution in [0, 0.1) is 23.7 Å². The SMILES string of the molecule is CS(=O)(=O)O.NCc1ccc(C2CCC3(CC2)OOC2(O3)C3CC4CC(C3)CC2C4)cc1. The second kappa shape index (κ2) is 8.32. The van der Waals surface area contributed by atoms with E-state index in [1.807, 2.05) is 0 Å². The lowest BCUT2D eigenvalue weighted by molar-refractivity contribution is -0.390. The first kappa shape index (κ1) is 22.7. The predicted molar refractivity (Wildman–Crippen MR) is 119 cm³/mol.